The van der Waals surface area contributed by atoms with E-state index in [2.05, 4.69) is 39.5 Å². The van der Waals surface area contributed by atoms with Crippen molar-refractivity contribution < 1.29 is 4.74 Å². The molecule has 1 aliphatic heterocycles. The van der Waals surface area contributed by atoms with Crippen LogP contribution in [0.2, 0.25) is 5.02 Å². The summed E-state index contributed by atoms with van der Waals surface area (Å²) in [4.78, 5) is 17.8. The topological polar surface area (TPSA) is 57.4 Å². The van der Waals surface area contributed by atoms with Crippen LogP contribution >= 0.6 is 11.6 Å². The maximum Gasteiger partial charge on any atom is 0.251 e. The van der Waals surface area contributed by atoms with Crippen molar-refractivity contribution in [3.63, 3.8) is 0 Å². The van der Waals surface area contributed by atoms with Crippen molar-refractivity contribution in [2.45, 2.75) is 38.3 Å². The summed E-state index contributed by atoms with van der Waals surface area (Å²) in [7, 11) is 1.74. The van der Waals surface area contributed by atoms with Gasteiger partial charge in [-0.05, 0) is 60.0 Å². The lowest BCUT2D eigenvalue weighted by molar-refractivity contribution is 0.152. The number of aromatic amines is 1. The predicted molar refractivity (Wildman–Crippen MR) is 132 cm³/mol. The van der Waals surface area contributed by atoms with E-state index in [1.54, 1.807) is 7.11 Å². The van der Waals surface area contributed by atoms with Gasteiger partial charge in [0.05, 0.1) is 12.6 Å². The summed E-state index contributed by atoms with van der Waals surface area (Å²) in [6.45, 7) is 5.62. The molecule has 170 valence electrons. The largest absolute Gasteiger partial charge is 0.383 e. The molecule has 1 atom stereocenters. The maximum absolute atomic E-state index is 12.2. The number of fused-ring (bicyclic) bond motifs is 1. The lowest BCUT2D eigenvalue weighted by atomic mass is 9.92. The molecule has 2 aromatic carbocycles. The molecule has 1 aromatic heterocycles. The molecule has 1 unspecified atom stereocenters. The van der Waals surface area contributed by atoms with Crippen molar-refractivity contribution in [3.8, 4) is 0 Å². The summed E-state index contributed by atoms with van der Waals surface area (Å²) in [5, 5.41) is 5.45. The van der Waals surface area contributed by atoms with Crippen LogP contribution in [-0.2, 0) is 11.2 Å². The van der Waals surface area contributed by atoms with Crippen molar-refractivity contribution in [1.82, 2.24) is 15.2 Å². The fourth-order valence-electron chi connectivity index (χ4n) is 4.71. The van der Waals surface area contributed by atoms with E-state index in [1.807, 2.05) is 31.2 Å². The van der Waals surface area contributed by atoms with Crippen LogP contribution in [0.3, 0.4) is 0 Å². The third-order valence-corrected chi connectivity index (χ3v) is 6.82. The van der Waals surface area contributed by atoms with Gasteiger partial charge in [-0.15, -0.1) is 0 Å². The number of aryl methyl sites for hydroxylation is 1. The number of nitrogens with zero attached hydrogens (tertiary/aromatic N) is 1. The molecule has 2 heterocycles. The van der Waals surface area contributed by atoms with Crippen LogP contribution in [-0.4, -0.2) is 49.3 Å². The Labute approximate surface area is 194 Å². The van der Waals surface area contributed by atoms with Crippen LogP contribution in [0.4, 0.5) is 0 Å². The molecule has 1 fully saturated rings. The summed E-state index contributed by atoms with van der Waals surface area (Å²) in [5.74, 6) is 0. The number of halogens is 1. The number of benzene rings is 2. The van der Waals surface area contributed by atoms with Crippen molar-refractivity contribution in [1.29, 1.82) is 0 Å². The number of hydrogen-bond acceptors (Lipinski definition) is 4. The Morgan fingerprint density at radius 2 is 1.97 bits per heavy atom. The molecule has 1 saturated heterocycles. The Hall–Kier alpha value is -2.18. The first kappa shape index (κ1) is 23.0. The Balaban J connectivity index is 1.66. The Kier molecular flexibility index (Phi) is 7.63. The molecule has 2 N–H and O–H groups in total. The van der Waals surface area contributed by atoms with Gasteiger partial charge in [0.15, 0.2) is 0 Å². The van der Waals surface area contributed by atoms with Crippen molar-refractivity contribution in [2.75, 3.05) is 33.4 Å². The van der Waals surface area contributed by atoms with Crippen LogP contribution in [0, 0.1) is 0 Å². The van der Waals surface area contributed by atoms with Gasteiger partial charge in [0.25, 0.3) is 5.56 Å². The number of piperidine rings is 1. The number of likely N-dealkylation sites (tertiary alicyclic amines) is 1. The van der Waals surface area contributed by atoms with E-state index in [1.165, 1.54) is 5.56 Å². The normalized spacial score (nSPS) is 16.5. The quantitative estimate of drug-likeness (QED) is 0.492. The van der Waals surface area contributed by atoms with Gasteiger partial charge >= 0.3 is 0 Å². The van der Waals surface area contributed by atoms with E-state index in [-0.39, 0.29) is 11.6 Å². The Morgan fingerprint density at radius 1 is 1.19 bits per heavy atom. The number of nitrogens with one attached hydrogen (secondary N) is 2. The molecular formula is C26H32ClN3O2. The van der Waals surface area contributed by atoms with Crippen molar-refractivity contribution in [3.05, 3.63) is 80.6 Å². The first-order valence-electron chi connectivity index (χ1n) is 11.5. The molecule has 1 aliphatic rings. The van der Waals surface area contributed by atoms with E-state index >= 15 is 0 Å². The average Bonchev–Trinajstić information content (AvgIpc) is 2.81. The highest BCUT2D eigenvalue weighted by molar-refractivity contribution is 6.31. The standard InChI is InChI=1S/C26H32ClN3O2/c1-3-18-16-20-17-19(8-9-24(20)29-26(18)31)25(22-6-4-5-7-23(22)27)30-13-10-21(11-14-30)28-12-15-32-2/h4-9,16-17,21,25,28H,3,10-15H2,1-2H3,(H,29,31). The number of rotatable bonds is 8. The van der Waals surface area contributed by atoms with Gasteiger partial charge in [0.1, 0.15) is 0 Å². The minimum absolute atomic E-state index is 0.00144. The van der Waals surface area contributed by atoms with Gasteiger partial charge in [-0.25, -0.2) is 0 Å². The molecule has 5 nitrogen and oxygen atoms in total. The first-order valence-corrected chi connectivity index (χ1v) is 11.8. The van der Waals surface area contributed by atoms with Crippen LogP contribution in [0.5, 0.6) is 0 Å². The average molecular weight is 454 g/mol. The van der Waals surface area contributed by atoms with Gasteiger partial charge in [-0.2, -0.15) is 0 Å². The van der Waals surface area contributed by atoms with Crippen LogP contribution < -0.4 is 10.9 Å². The molecule has 0 bridgehead atoms. The van der Waals surface area contributed by atoms with E-state index in [0.29, 0.717) is 12.5 Å². The number of methoxy groups -OCH3 is 1. The van der Waals surface area contributed by atoms with E-state index in [9.17, 15) is 4.79 Å². The number of H-pyrrole nitrogens is 1. The lowest BCUT2D eigenvalue weighted by Crippen LogP contribution is -2.44. The molecule has 0 radical (unpaired) electrons. The molecule has 0 aliphatic carbocycles. The first-order chi connectivity index (χ1) is 15.6. The molecule has 3 aromatic rings. The number of pyridine rings is 1. The van der Waals surface area contributed by atoms with E-state index in [4.69, 9.17) is 16.3 Å². The van der Waals surface area contributed by atoms with Gasteiger partial charge in [-0.3, -0.25) is 9.69 Å². The molecular weight excluding hydrogens is 422 g/mol. The van der Waals surface area contributed by atoms with Gasteiger partial charge in [0, 0.05) is 48.9 Å². The highest BCUT2D eigenvalue weighted by atomic mass is 35.5. The summed E-state index contributed by atoms with van der Waals surface area (Å²) >= 11 is 6.69. The molecule has 6 heteroatoms. The summed E-state index contributed by atoms with van der Waals surface area (Å²) < 4.78 is 5.17. The number of hydrogen-bond donors (Lipinski definition) is 2. The van der Waals surface area contributed by atoms with Gasteiger partial charge in [-0.1, -0.05) is 42.8 Å². The Bertz CT molecular complexity index is 1110. The summed E-state index contributed by atoms with van der Waals surface area (Å²) in [5.41, 5.74) is 4.00. The monoisotopic (exact) mass is 453 g/mol. The zero-order valence-corrected chi connectivity index (χ0v) is 19.6. The summed E-state index contributed by atoms with van der Waals surface area (Å²) in [6, 6.07) is 17.1. The third kappa shape index (κ3) is 5.07. The SMILES string of the molecule is CCc1cc2cc(C(c3ccccc3Cl)N3CCC(NCCOC)CC3)ccc2[nH]c1=O. The zero-order valence-electron chi connectivity index (χ0n) is 18.9. The molecule has 4 rings (SSSR count). The molecule has 0 spiro atoms. The second kappa shape index (κ2) is 10.6. The zero-order chi connectivity index (χ0) is 22.5. The fraction of sp³-hybridized carbons (Fsp3) is 0.423. The molecule has 0 amide bonds. The van der Waals surface area contributed by atoms with Gasteiger partial charge in [0.2, 0.25) is 0 Å². The summed E-state index contributed by atoms with van der Waals surface area (Å²) in [6.07, 6.45) is 2.89. The van der Waals surface area contributed by atoms with E-state index in [0.717, 1.165) is 66.1 Å². The second-order valence-electron chi connectivity index (χ2n) is 8.51. The lowest BCUT2D eigenvalue weighted by Gasteiger charge is -2.38. The second-order valence-corrected chi connectivity index (χ2v) is 8.91. The predicted octanol–water partition coefficient (Wildman–Crippen LogP) is 4.53. The Morgan fingerprint density at radius 3 is 2.69 bits per heavy atom. The minimum atomic E-state index is -0.00144. The maximum atomic E-state index is 12.2. The number of ether oxygens (including phenoxy) is 1. The smallest absolute Gasteiger partial charge is 0.251 e. The van der Waals surface area contributed by atoms with Crippen LogP contribution in [0.15, 0.2) is 53.3 Å². The van der Waals surface area contributed by atoms with Gasteiger partial charge < -0.3 is 15.0 Å². The number of aromatic nitrogens is 1. The highest BCUT2D eigenvalue weighted by Gasteiger charge is 2.28. The van der Waals surface area contributed by atoms with Crippen LogP contribution in [0.25, 0.3) is 10.9 Å². The third-order valence-electron chi connectivity index (χ3n) is 6.48. The van der Waals surface area contributed by atoms with Crippen LogP contribution in [0.1, 0.15) is 42.5 Å². The van der Waals surface area contributed by atoms with Crippen molar-refractivity contribution >= 4 is 22.5 Å². The van der Waals surface area contributed by atoms with Crippen molar-refractivity contribution in [2.24, 2.45) is 0 Å². The highest BCUT2D eigenvalue weighted by Crippen LogP contribution is 2.36. The minimum Gasteiger partial charge on any atom is -0.383 e. The molecule has 32 heavy (non-hydrogen) atoms. The van der Waals surface area contributed by atoms with E-state index < -0.39 is 0 Å². The molecule has 0 saturated carbocycles. The fourth-order valence-corrected chi connectivity index (χ4v) is 4.95.